The first-order valence-electron chi connectivity index (χ1n) is 8.20. The summed E-state index contributed by atoms with van der Waals surface area (Å²) >= 11 is 1.67. The Hall–Kier alpha value is -1.86. The average molecular weight is 348 g/mol. The molecule has 3 rings (SSSR count). The van der Waals surface area contributed by atoms with Gasteiger partial charge in [0.1, 0.15) is 11.5 Å². The average Bonchev–Trinajstić information content (AvgIpc) is 3.19. The Labute approximate surface area is 146 Å². The van der Waals surface area contributed by atoms with Crippen LogP contribution in [0, 0.1) is 6.92 Å². The van der Waals surface area contributed by atoms with Gasteiger partial charge in [0, 0.05) is 44.3 Å². The van der Waals surface area contributed by atoms with Crippen molar-refractivity contribution in [2.75, 3.05) is 38.1 Å². The minimum atomic E-state index is 0.124. The SMILES string of the molecule is Cc1ccc(CN(C)C(=O)CN2CCN(c3nccs3)C(C)C2)o1. The van der Waals surface area contributed by atoms with Crippen molar-refractivity contribution in [3.8, 4) is 0 Å². The van der Waals surface area contributed by atoms with Crippen LogP contribution in [0.3, 0.4) is 0 Å². The van der Waals surface area contributed by atoms with E-state index in [4.69, 9.17) is 4.42 Å². The summed E-state index contributed by atoms with van der Waals surface area (Å²) in [5.41, 5.74) is 0. The van der Waals surface area contributed by atoms with Crippen molar-refractivity contribution in [1.29, 1.82) is 0 Å². The summed E-state index contributed by atoms with van der Waals surface area (Å²) in [5.74, 6) is 1.82. The van der Waals surface area contributed by atoms with Gasteiger partial charge < -0.3 is 14.2 Å². The number of nitrogens with zero attached hydrogens (tertiary/aromatic N) is 4. The molecule has 0 aliphatic carbocycles. The van der Waals surface area contributed by atoms with Crippen LogP contribution in [0.1, 0.15) is 18.4 Å². The fourth-order valence-electron chi connectivity index (χ4n) is 3.02. The van der Waals surface area contributed by atoms with Crippen molar-refractivity contribution in [1.82, 2.24) is 14.8 Å². The van der Waals surface area contributed by atoms with Gasteiger partial charge >= 0.3 is 0 Å². The van der Waals surface area contributed by atoms with Gasteiger partial charge in [-0.3, -0.25) is 9.69 Å². The molecule has 2 aromatic rings. The van der Waals surface area contributed by atoms with Crippen LogP contribution in [-0.4, -0.2) is 60.0 Å². The number of aromatic nitrogens is 1. The van der Waals surface area contributed by atoms with E-state index >= 15 is 0 Å². The molecule has 1 unspecified atom stereocenters. The topological polar surface area (TPSA) is 52.8 Å². The molecule has 3 heterocycles. The summed E-state index contributed by atoms with van der Waals surface area (Å²) in [6, 6.07) is 4.21. The second kappa shape index (κ2) is 7.36. The Morgan fingerprint density at radius 1 is 1.46 bits per heavy atom. The van der Waals surface area contributed by atoms with E-state index in [2.05, 4.69) is 21.7 Å². The molecule has 0 spiro atoms. The number of anilines is 1. The molecule has 7 heteroatoms. The maximum atomic E-state index is 12.5. The van der Waals surface area contributed by atoms with E-state index in [9.17, 15) is 4.79 Å². The van der Waals surface area contributed by atoms with Crippen molar-refractivity contribution >= 4 is 22.4 Å². The molecular weight excluding hydrogens is 324 g/mol. The van der Waals surface area contributed by atoms with Gasteiger partial charge in [0.05, 0.1) is 13.1 Å². The van der Waals surface area contributed by atoms with Gasteiger partial charge in [-0.05, 0) is 26.0 Å². The molecule has 6 nitrogen and oxygen atoms in total. The molecule has 1 saturated heterocycles. The third kappa shape index (κ3) is 3.96. The van der Waals surface area contributed by atoms with Gasteiger partial charge in [-0.1, -0.05) is 0 Å². The molecule has 2 aromatic heterocycles. The Morgan fingerprint density at radius 3 is 2.92 bits per heavy atom. The van der Waals surface area contributed by atoms with Crippen LogP contribution in [0.4, 0.5) is 5.13 Å². The Balaban J connectivity index is 1.50. The van der Waals surface area contributed by atoms with Crippen LogP contribution in [0.15, 0.2) is 28.1 Å². The van der Waals surface area contributed by atoms with Crippen LogP contribution in [-0.2, 0) is 11.3 Å². The van der Waals surface area contributed by atoms with E-state index in [-0.39, 0.29) is 5.91 Å². The highest BCUT2D eigenvalue weighted by molar-refractivity contribution is 7.13. The van der Waals surface area contributed by atoms with Gasteiger partial charge in [-0.25, -0.2) is 4.98 Å². The number of furan rings is 1. The highest BCUT2D eigenvalue weighted by Crippen LogP contribution is 2.22. The molecule has 130 valence electrons. The highest BCUT2D eigenvalue weighted by atomic mass is 32.1. The zero-order valence-electron chi connectivity index (χ0n) is 14.4. The first kappa shape index (κ1) is 17.0. The maximum absolute atomic E-state index is 12.5. The van der Waals surface area contributed by atoms with Gasteiger partial charge in [0.25, 0.3) is 0 Å². The summed E-state index contributed by atoms with van der Waals surface area (Å²) in [6.07, 6.45) is 1.84. The molecular formula is C17H24N4O2S. The molecule has 1 aliphatic rings. The minimum Gasteiger partial charge on any atom is -0.464 e. The normalized spacial score (nSPS) is 18.8. The number of piperazine rings is 1. The number of amides is 1. The molecule has 1 fully saturated rings. The monoisotopic (exact) mass is 348 g/mol. The highest BCUT2D eigenvalue weighted by Gasteiger charge is 2.27. The minimum absolute atomic E-state index is 0.124. The summed E-state index contributed by atoms with van der Waals surface area (Å²) < 4.78 is 5.55. The lowest BCUT2D eigenvalue weighted by Crippen LogP contribution is -2.54. The van der Waals surface area contributed by atoms with Crippen molar-refractivity contribution in [3.05, 3.63) is 35.2 Å². The van der Waals surface area contributed by atoms with Crippen LogP contribution < -0.4 is 4.90 Å². The van der Waals surface area contributed by atoms with Crippen molar-refractivity contribution in [2.45, 2.75) is 26.4 Å². The van der Waals surface area contributed by atoms with E-state index < -0.39 is 0 Å². The zero-order valence-corrected chi connectivity index (χ0v) is 15.3. The molecule has 0 radical (unpaired) electrons. The number of thiazole rings is 1. The fourth-order valence-corrected chi connectivity index (χ4v) is 3.79. The standard InChI is InChI=1S/C17H24N4O2S/c1-13-10-20(7-8-21(13)17-18-6-9-24-17)12-16(22)19(3)11-15-5-4-14(2)23-15/h4-6,9,13H,7-8,10-12H2,1-3H3. The molecule has 1 amide bonds. The van der Waals surface area contributed by atoms with E-state index in [1.165, 1.54) is 0 Å². The summed E-state index contributed by atoms with van der Waals surface area (Å²) in [4.78, 5) is 23.1. The number of hydrogen-bond acceptors (Lipinski definition) is 6. The first-order valence-corrected chi connectivity index (χ1v) is 9.08. The largest absolute Gasteiger partial charge is 0.464 e. The second-order valence-electron chi connectivity index (χ2n) is 6.35. The van der Waals surface area contributed by atoms with Crippen LogP contribution >= 0.6 is 11.3 Å². The predicted octanol–water partition coefficient (Wildman–Crippen LogP) is 2.21. The number of aryl methyl sites for hydroxylation is 1. The molecule has 1 atom stereocenters. The number of rotatable bonds is 5. The summed E-state index contributed by atoms with van der Waals surface area (Å²) in [6.45, 7) is 7.72. The molecule has 24 heavy (non-hydrogen) atoms. The lowest BCUT2D eigenvalue weighted by molar-refractivity contribution is -0.132. The quantitative estimate of drug-likeness (QED) is 0.829. The van der Waals surface area contributed by atoms with E-state index in [0.29, 0.717) is 19.1 Å². The van der Waals surface area contributed by atoms with Crippen LogP contribution in [0.5, 0.6) is 0 Å². The predicted molar refractivity (Wildman–Crippen MR) is 95.3 cm³/mol. The fraction of sp³-hybridized carbons (Fsp3) is 0.529. The number of hydrogen-bond donors (Lipinski definition) is 0. The van der Waals surface area contributed by atoms with E-state index in [0.717, 1.165) is 36.3 Å². The summed E-state index contributed by atoms with van der Waals surface area (Å²) in [5, 5.41) is 3.07. The first-order chi connectivity index (χ1) is 11.5. The van der Waals surface area contributed by atoms with E-state index in [1.54, 1.807) is 16.2 Å². The van der Waals surface area contributed by atoms with Crippen LogP contribution in [0.25, 0.3) is 0 Å². The Bertz CT molecular complexity index is 670. The van der Waals surface area contributed by atoms with Crippen LogP contribution in [0.2, 0.25) is 0 Å². The van der Waals surface area contributed by atoms with Gasteiger partial charge in [0.2, 0.25) is 5.91 Å². The number of carbonyl (C=O) groups excluding carboxylic acids is 1. The van der Waals surface area contributed by atoms with Crippen molar-refractivity contribution < 1.29 is 9.21 Å². The van der Waals surface area contributed by atoms with Gasteiger partial charge in [-0.15, -0.1) is 11.3 Å². The zero-order chi connectivity index (χ0) is 17.1. The number of carbonyl (C=O) groups is 1. The molecule has 0 aromatic carbocycles. The Morgan fingerprint density at radius 2 is 2.29 bits per heavy atom. The lowest BCUT2D eigenvalue weighted by atomic mass is 10.2. The third-order valence-electron chi connectivity index (χ3n) is 4.35. The van der Waals surface area contributed by atoms with Gasteiger partial charge in [-0.2, -0.15) is 0 Å². The molecule has 0 saturated carbocycles. The lowest BCUT2D eigenvalue weighted by Gasteiger charge is -2.39. The maximum Gasteiger partial charge on any atom is 0.236 e. The van der Waals surface area contributed by atoms with E-state index in [1.807, 2.05) is 37.7 Å². The third-order valence-corrected chi connectivity index (χ3v) is 5.16. The number of likely N-dealkylation sites (N-methyl/N-ethyl adjacent to an activating group) is 1. The molecule has 0 bridgehead atoms. The van der Waals surface area contributed by atoms with Crippen molar-refractivity contribution in [3.63, 3.8) is 0 Å². The smallest absolute Gasteiger partial charge is 0.236 e. The van der Waals surface area contributed by atoms with Crippen molar-refractivity contribution in [2.24, 2.45) is 0 Å². The van der Waals surface area contributed by atoms with Gasteiger partial charge in [0.15, 0.2) is 5.13 Å². The molecule has 0 N–H and O–H groups in total. The second-order valence-corrected chi connectivity index (χ2v) is 7.23. The molecule has 1 aliphatic heterocycles. The Kier molecular flexibility index (Phi) is 5.20. The summed E-state index contributed by atoms with van der Waals surface area (Å²) in [7, 11) is 1.83.